The predicted octanol–water partition coefficient (Wildman–Crippen LogP) is 3.36. The van der Waals surface area contributed by atoms with Gasteiger partial charge in [-0.1, -0.05) is 18.2 Å². The molecule has 0 fully saturated rings. The highest BCUT2D eigenvalue weighted by Crippen LogP contribution is 2.25. The highest BCUT2D eigenvalue weighted by Gasteiger charge is 2.11. The van der Waals surface area contributed by atoms with Crippen molar-refractivity contribution >= 4 is 16.9 Å². The molecule has 0 unspecified atom stereocenters. The molecule has 0 saturated heterocycles. The summed E-state index contributed by atoms with van der Waals surface area (Å²) in [5, 5.41) is 8.94. The third-order valence-corrected chi connectivity index (χ3v) is 3.39. The van der Waals surface area contributed by atoms with Gasteiger partial charge < -0.3 is 19.0 Å². The Bertz CT molecular complexity index is 957. The second-order valence-electron chi connectivity index (χ2n) is 5.14. The van der Waals surface area contributed by atoms with Gasteiger partial charge in [0.05, 0.1) is 5.39 Å². The van der Waals surface area contributed by atoms with E-state index in [0.717, 1.165) is 5.56 Å². The van der Waals surface area contributed by atoms with Crippen LogP contribution >= 0.6 is 0 Å². The van der Waals surface area contributed by atoms with Crippen LogP contribution in [-0.2, 0) is 4.79 Å². The molecule has 0 spiro atoms. The zero-order valence-corrected chi connectivity index (χ0v) is 12.8. The summed E-state index contributed by atoms with van der Waals surface area (Å²) >= 11 is 0. The Kier molecular flexibility index (Phi) is 4.20. The van der Waals surface area contributed by atoms with Crippen molar-refractivity contribution in [2.45, 2.75) is 6.92 Å². The highest BCUT2D eigenvalue weighted by atomic mass is 16.5. The number of carboxylic acids is 1. The number of para-hydroxylation sites is 1. The molecule has 0 radical (unpaired) electrons. The second kappa shape index (κ2) is 6.45. The van der Waals surface area contributed by atoms with Crippen molar-refractivity contribution in [3.8, 4) is 17.2 Å². The molecule has 0 aliphatic rings. The quantitative estimate of drug-likeness (QED) is 0.774. The summed E-state index contributed by atoms with van der Waals surface area (Å²) in [6.07, 6.45) is 1.23. The molecule has 6 heteroatoms. The maximum atomic E-state index is 12.5. The van der Waals surface area contributed by atoms with Gasteiger partial charge in [0.25, 0.3) is 0 Å². The van der Waals surface area contributed by atoms with Crippen molar-refractivity contribution < 1.29 is 23.8 Å². The average Bonchev–Trinajstić information content (AvgIpc) is 2.57. The molecular weight excluding hydrogens is 312 g/mol. The lowest BCUT2D eigenvalue weighted by Gasteiger charge is -2.08. The van der Waals surface area contributed by atoms with Crippen molar-refractivity contribution in [2.24, 2.45) is 0 Å². The molecule has 122 valence electrons. The summed E-state index contributed by atoms with van der Waals surface area (Å²) in [5.74, 6) is -0.124. The third kappa shape index (κ3) is 3.22. The van der Waals surface area contributed by atoms with Crippen LogP contribution in [0.2, 0.25) is 0 Å². The first-order valence-corrected chi connectivity index (χ1v) is 7.18. The SMILES string of the molecule is Cc1ccccc1Oc1coc2cc(OCC(=O)O)ccc2c1=O. The molecule has 6 nitrogen and oxygen atoms in total. The summed E-state index contributed by atoms with van der Waals surface area (Å²) in [6, 6.07) is 11.8. The van der Waals surface area contributed by atoms with Gasteiger partial charge in [-0.2, -0.15) is 0 Å². The van der Waals surface area contributed by atoms with Crippen LogP contribution < -0.4 is 14.9 Å². The molecule has 3 aromatic rings. The van der Waals surface area contributed by atoms with E-state index in [0.29, 0.717) is 22.5 Å². The van der Waals surface area contributed by atoms with Gasteiger partial charge in [-0.15, -0.1) is 0 Å². The first kappa shape index (κ1) is 15.6. The Hall–Kier alpha value is -3.28. The summed E-state index contributed by atoms with van der Waals surface area (Å²) in [5.41, 5.74) is 0.874. The van der Waals surface area contributed by atoms with Gasteiger partial charge in [-0.25, -0.2) is 4.79 Å². The summed E-state index contributed by atoms with van der Waals surface area (Å²) in [4.78, 5) is 23.0. The molecule has 2 aromatic carbocycles. The highest BCUT2D eigenvalue weighted by molar-refractivity contribution is 5.79. The molecular formula is C18H14O6. The lowest BCUT2D eigenvalue weighted by atomic mass is 10.2. The fourth-order valence-electron chi connectivity index (χ4n) is 2.19. The Morgan fingerprint density at radius 1 is 1.17 bits per heavy atom. The van der Waals surface area contributed by atoms with Crippen molar-refractivity contribution in [3.05, 3.63) is 64.5 Å². The zero-order valence-electron chi connectivity index (χ0n) is 12.8. The minimum Gasteiger partial charge on any atom is -0.482 e. The Morgan fingerprint density at radius 2 is 1.96 bits per heavy atom. The van der Waals surface area contributed by atoms with Crippen LogP contribution in [0.3, 0.4) is 0 Å². The van der Waals surface area contributed by atoms with Gasteiger partial charge in [0.2, 0.25) is 11.2 Å². The molecule has 0 amide bonds. The maximum absolute atomic E-state index is 12.5. The van der Waals surface area contributed by atoms with Crippen LogP contribution in [0.4, 0.5) is 0 Å². The van der Waals surface area contributed by atoms with E-state index in [-0.39, 0.29) is 11.2 Å². The standard InChI is InChI=1S/C18H14O6/c1-11-4-2-3-5-14(11)24-16-9-23-15-8-12(22-10-17(19)20)6-7-13(15)18(16)21/h2-9H,10H2,1H3,(H,19,20). The van der Waals surface area contributed by atoms with E-state index < -0.39 is 12.6 Å². The zero-order chi connectivity index (χ0) is 17.1. The van der Waals surface area contributed by atoms with Gasteiger partial charge >= 0.3 is 5.97 Å². The molecule has 0 atom stereocenters. The van der Waals surface area contributed by atoms with E-state index in [4.69, 9.17) is 19.0 Å². The number of carboxylic acid groups (broad SMARTS) is 1. The monoisotopic (exact) mass is 326 g/mol. The predicted molar refractivity (Wildman–Crippen MR) is 86.9 cm³/mol. The van der Waals surface area contributed by atoms with Crippen molar-refractivity contribution in [1.82, 2.24) is 0 Å². The van der Waals surface area contributed by atoms with E-state index in [2.05, 4.69) is 0 Å². The number of aliphatic carboxylic acids is 1. The van der Waals surface area contributed by atoms with Gasteiger partial charge in [0, 0.05) is 6.07 Å². The van der Waals surface area contributed by atoms with Crippen LogP contribution in [0.5, 0.6) is 17.2 Å². The molecule has 1 heterocycles. The van der Waals surface area contributed by atoms with Crippen LogP contribution in [-0.4, -0.2) is 17.7 Å². The number of fused-ring (bicyclic) bond motifs is 1. The number of aryl methyl sites for hydroxylation is 1. The average molecular weight is 326 g/mol. The molecule has 24 heavy (non-hydrogen) atoms. The van der Waals surface area contributed by atoms with E-state index in [9.17, 15) is 9.59 Å². The number of hydrogen-bond acceptors (Lipinski definition) is 5. The van der Waals surface area contributed by atoms with Crippen molar-refractivity contribution in [3.63, 3.8) is 0 Å². The molecule has 3 rings (SSSR count). The lowest BCUT2D eigenvalue weighted by Crippen LogP contribution is -2.10. The van der Waals surface area contributed by atoms with E-state index in [1.54, 1.807) is 6.07 Å². The van der Waals surface area contributed by atoms with Gasteiger partial charge in [0.1, 0.15) is 23.3 Å². The minimum atomic E-state index is -1.08. The lowest BCUT2D eigenvalue weighted by molar-refractivity contribution is -0.139. The van der Waals surface area contributed by atoms with Crippen molar-refractivity contribution in [1.29, 1.82) is 0 Å². The number of ether oxygens (including phenoxy) is 2. The summed E-state index contributed by atoms with van der Waals surface area (Å²) in [7, 11) is 0. The Balaban J connectivity index is 1.93. The summed E-state index contributed by atoms with van der Waals surface area (Å²) in [6.45, 7) is 1.41. The molecule has 1 aromatic heterocycles. The maximum Gasteiger partial charge on any atom is 0.341 e. The first-order valence-electron chi connectivity index (χ1n) is 7.18. The number of benzene rings is 2. The van der Waals surface area contributed by atoms with E-state index in [1.165, 1.54) is 24.5 Å². The van der Waals surface area contributed by atoms with Crippen LogP contribution in [0.25, 0.3) is 11.0 Å². The summed E-state index contributed by atoms with van der Waals surface area (Å²) < 4.78 is 16.1. The van der Waals surface area contributed by atoms with Crippen molar-refractivity contribution in [2.75, 3.05) is 6.61 Å². The molecule has 0 bridgehead atoms. The van der Waals surface area contributed by atoms with Crippen LogP contribution in [0.1, 0.15) is 5.56 Å². The smallest absolute Gasteiger partial charge is 0.341 e. The topological polar surface area (TPSA) is 86.0 Å². The number of rotatable bonds is 5. The number of carbonyl (C=O) groups is 1. The normalized spacial score (nSPS) is 10.5. The number of hydrogen-bond donors (Lipinski definition) is 1. The molecule has 0 saturated carbocycles. The largest absolute Gasteiger partial charge is 0.482 e. The Labute approximate surface area is 136 Å². The molecule has 0 aliphatic carbocycles. The first-order chi connectivity index (χ1) is 11.5. The van der Waals surface area contributed by atoms with Gasteiger partial charge in [-0.05, 0) is 30.7 Å². The third-order valence-electron chi connectivity index (χ3n) is 3.39. The van der Waals surface area contributed by atoms with E-state index in [1.807, 2.05) is 25.1 Å². The van der Waals surface area contributed by atoms with Crippen LogP contribution in [0, 0.1) is 6.92 Å². The fourth-order valence-corrected chi connectivity index (χ4v) is 2.19. The van der Waals surface area contributed by atoms with Crippen LogP contribution in [0.15, 0.2) is 57.9 Å². The second-order valence-corrected chi connectivity index (χ2v) is 5.14. The Morgan fingerprint density at radius 3 is 2.71 bits per heavy atom. The minimum absolute atomic E-state index is 0.0796. The van der Waals surface area contributed by atoms with Gasteiger partial charge in [-0.3, -0.25) is 4.79 Å². The molecule has 0 aliphatic heterocycles. The van der Waals surface area contributed by atoms with E-state index >= 15 is 0 Å². The van der Waals surface area contributed by atoms with Gasteiger partial charge in [0.15, 0.2) is 6.61 Å². The fraction of sp³-hybridized carbons (Fsp3) is 0.111. The molecule has 1 N–H and O–H groups in total.